The normalized spacial score (nSPS) is 22.1. The first-order valence-corrected chi connectivity index (χ1v) is 27.3. The van der Waals surface area contributed by atoms with Gasteiger partial charge in [0.05, 0.1) is 41.2 Å². The highest BCUT2D eigenvalue weighted by atomic mass is 32.1. The van der Waals surface area contributed by atoms with Gasteiger partial charge in [0.15, 0.2) is 5.78 Å². The number of halogens is 2. The monoisotopic (exact) mass is 1060 g/mol. The van der Waals surface area contributed by atoms with Gasteiger partial charge in [-0.15, -0.1) is 11.3 Å². The number of Topliss-reactive ketones (excluding diaryl/α,β-unsaturated/α-hetero) is 1. The molecule has 4 fully saturated rings. The highest BCUT2D eigenvalue weighted by Gasteiger charge is 2.51. The molecule has 0 bridgehead atoms. The lowest BCUT2D eigenvalue weighted by Crippen LogP contribution is -2.58. The summed E-state index contributed by atoms with van der Waals surface area (Å²) in [4.78, 5) is 120. The number of morpholine rings is 1. The Bertz CT molecular complexity index is 3140. The van der Waals surface area contributed by atoms with E-state index in [0.717, 1.165) is 29.0 Å². The third-order valence-electron chi connectivity index (χ3n) is 15.1. The number of likely N-dealkylation sites (tertiary alicyclic amines) is 2. The lowest BCUT2D eigenvalue weighted by Gasteiger charge is -2.38. The molecule has 5 atom stereocenters. The van der Waals surface area contributed by atoms with Crippen LogP contribution >= 0.6 is 18.9 Å². The third-order valence-corrected chi connectivity index (χ3v) is 17.2. The number of ether oxygens (including phenoxy) is 1. The van der Waals surface area contributed by atoms with Gasteiger partial charge in [0.1, 0.15) is 12.1 Å². The number of piperidine rings is 2. The Labute approximate surface area is 429 Å². The molecule has 1 unspecified atom stereocenters. The van der Waals surface area contributed by atoms with Crippen molar-refractivity contribution in [2.24, 2.45) is 24.3 Å². The number of imidazole rings is 1. The van der Waals surface area contributed by atoms with Crippen LogP contribution in [0.3, 0.4) is 0 Å². The van der Waals surface area contributed by atoms with E-state index < -0.39 is 71.7 Å². The molecular formula is C52H60F2N7O11PS. The summed E-state index contributed by atoms with van der Waals surface area (Å²) in [6.45, 7) is 7.96. The van der Waals surface area contributed by atoms with Gasteiger partial charge in [-0.2, -0.15) is 8.78 Å². The Morgan fingerprint density at radius 3 is 2.32 bits per heavy atom. The van der Waals surface area contributed by atoms with Gasteiger partial charge in [-0.05, 0) is 96.7 Å². The maximum absolute atomic E-state index is 15.0. The van der Waals surface area contributed by atoms with Crippen molar-refractivity contribution >= 4 is 75.4 Å². The molecule has 74 heavy (non-hydrogen) atoms. The summed E-state index contributed by atoms with van der Waals surface area (Å²) in [6, 6.07) is 16.3. The van der Waals surface area contributed by atoms with Crippen molar-refractivity contribution in [3.8, 4) is 0 Å². The average Bonchev–Trinajstić information content (AvgIpc) is 4.06. The van der Waals surface area contributed by atoms with Crippen LogP contribution in [0.4, 0.5) is 8.78 Å². The fourth-order valence-corrected chi connectivity index (χ4v) is 12.5. The summed E-state index contributed by atoms with van der Waals surface area (Å²) in [6.07, 6.45) is 2.45. The van der Waals surface area contributed by atoms with Gasteiger partial charge in [-0.1, -0.05) is 57.2 Å². The quantitative estimate of drug-likeness (QED) is 0.0822. The second-order valence-corrected chi connectivity index (χ2v) is 23.8. The van der Waals surface area contributed by atoms with Gasteiger partial charge >= 0.3 is 18.9 Å². The number of benzene rings is 3. The number of aromatic nitrogens is 2. The van der Waals surface area contributed by atoms with E-state index in [9.17, 15) is 51.9 Å². The van der Waals surface area contributed by atoms with Crippen molar-refractivity contribution < 1.29 is 56.6 Å². The van der Waals surface area contributed by atoms with E-state index in [1.54, 1.807) is 55.8 Å². The van der Waals surface area contributed by atoms with E-state index in [4.69, 9.17) is 4.74 Å². The minimum Gasteiger partial charge on any atom is -0.371 e. The van der Waals surface area contributed by atoms with Crippen molar-refractivity contribution in [2.45, 2.75) is 89.2 Å². The van der Waals surface area contributed by atoms with Gasteiger partial charge in [-0.3, -0.25) is 52.7 Å². The number of hydrogen-bond acceptors (Lipinski definition) is 11. The number of thiophene rings is 1. The zero-order chi connectivity index (χ0) is 53.0. The molecule has 0 spiro atoms. The first-order valence-electron chi connectivity index (χ1n) is 24.8. The lowest BCUT2D eigenvalue weighted by atomic mass is 9.82. The predicted octanol–water partition coefficient (Wildman–Crippen LogP) is 5.71. The summed E-state index contributed by atoms with van der Waals surface area (Å²) in [5, 5.41) is 5.36. The van der Waals surface area contributed by atoms with Crippen LogP contribution in [0.2, 0.25) is 0 Å². The molecule has 4 aliphatic heterocycles. The van der Waals surface area contributed by atoms with Crippen LogP contribution in [-0.2, 0) is 41.2 Å². The number of rotatable bonds is 13. The Kier molecular flexibility index (Phi) is 14.7. The van der Waals surface area contributed by atoms with E-state index in [0.29, 0.717) is 79.8 Å². The largest absolute Gasteiger partial charge is 0.399 e. The number of nitrogens with one attached hydrogen (secondary N) is 2. The molecule has 18 nitrogen and oxygen atoms in total. The SMILES string of the molecule is Cn1c(=O)n(C2CCC(=O)NC2=O)c2ccc(C(=O)N3CCC(C[C@@H]4CCN(C(=O)[C@@H](NC(=O)c5cc6cc(C(F)(F)P(=O)(O)O)ccc6s5)C(C)(C)C)[C@@H]4C(=O)CN4CCO[C@H](c5ccccc5)C4)CC3)cc21. The van der Waals surface area contributed by atoms with Crippen LogP contribution in [0, 0.1) is 17.3 Å². The van der Waals surface area contributed by atoms with Crippen LogP contribution in [0.15, 0.2) is 77.6 Å². The topological polar surface area (TPSA) is 230 Å². The minimum atomic E-state index is -5.85. The lowest BCUT2D eigenvalue weighted by molar-refractivity contribution is -0.143. The standard InChI is InChI=1S/C52H60F2N7O11PS/c1-51(2,3)45(56-47(65)42-27-34-25-35(11-14-41(34)74-42)52(53,54)73(69,70)71)49(67)60-21-18-32(44(60)39(62)28-58-22-23-72-40(29-58)31-8-6-5-7-9-31)24-30-16-19-59(20-17-30)48(66)33-10-12-36-38(26-33)57(4)50(68)61(36)37-13-15-43(63)55-46(37)64/h5-12,14,25-27,30,32,37,40,44-45H,13,15-24,28-29H2,1-4H3,(H,56,65)(H,55,63,64)(H2,69,70,71)/t32-,37?,40-,44-,45+/m0/s1. The van der Waals surface area contributed by atoms with E-state index in [-0.39, 0.29) is 65.8 Å². The molecule has 0 saturated carbocycles. The first kappa shape index (κ1) is 52.9. The number of ketones is 1. The Balaban J connectivity index is 0.913. The molecule has 4 aliphatic rings. The molecule has 5 aromatic rings. The van der Waals surface area contributed by atoms with Crippen LogP contribution in [0.1, 0.15) is 103 Å². The van der Waals surface area contributed by atoms with Gasteiger partial charge in [0.25, 0.3) is 11.8 Å². The fraction of sp³-hybridized carbons (Fsp3) is 0.481. The molecule has 9 rings (SSSR count). The highest BCUT2D eigenvalue weighted by molar-refractivity contribution is 7.52. The maximum Gasteiger partial charge on any atom is 0.399 e. The van der Waals surface area contributed by atoms with Crippen LogP contribution in [0.25, 0.3) is 21.1 Å². The van der Waals surface area contributed by atoms with E-state index in [2.05, 4.69) is 15.5 Å². The molecule has 4 N–H and O–H groups in total. The van der Waals surface area contributed by atoms with Crippen molar-refractivity contribution in [1.29, 1.82) is 0 Å². The third kappa shape index (κ3) is 10.5. The maximum atomic E-state index is 15.0. The minimum absolute atomic E-state index is 0.0643. The number of hydrogen-bond donors (Lipinski definition) is 4. The number of carbonyl (C=O) groups is 6. The van der Waals surface area contributed by atoms with Gasteiger partial charge in [0, 0.05) is 62.0 Å². The average molecular weight is 1060 g/mol. The number of carbonyl (C=O) groups excluding carboxylic acids is 6. The molecule has 22 heteroatoms. The van der Waals surface area contributed by atoms with Gasteiger partial charge < -0.3 is 29.6 Å². The zero-order valence-corrected chi connectivity index (χ0v) is 43.2. The number of alkyl halides is 2. The zero-order valence-electron chi connectivity index (χ0n) is 41.5. The fourth-order valence-electron chi connectivity index (χ4n) is 11.1. The summed E-state index contributed by atoms with van der Waals surface area (Å²) in [5.74, 6) is -2.51. The summed E-state index contributed by atoms with van der Waals surface area (Å²) in [7, 11) is -4.27. The van der Waals surface area contributed by atoms with Crippen molar-refractivity contribution in [2.75, 3.05) is 45.9 Å². The van der Waals surface area contributed by atoms with Crippen LogP contribution in [0.5, 0.6) is 0 Å². The molecule has 6 heterocycles. The number of amides is 5. The van der Waals surface area contributed by atoms with Crippen LogP contribution in [-0.4, -0.2) is 127 Å². The Morgan fingerprint density at radius 2 is 1.64 bits per heavy atom. The van der Waals surface area contributed by atoms with Crippen LogP contribution < -0.4 is 16.3 Å². The number of imide groups is 1. The Morgan fingerprint density at radius 1 is 0.905 bits per heavy atom. The summed E-state index contributed by atoms with van der Waals surface area (Å²) < 4.78 is 50.1. The molecular weight excluding hydrogens is 1000 g/mol. The van der Waals surface area contributed by atoms with E-state index in [1.165, 1.54) is 21.3 Å². The van der Waals surface area contributed by atoms with Gasteiger partial charge in [0.2, 0.25) is 17.7 Å². The molecule has 3 aromatic carbocycles. The molecule has 4 saturated heterocycles. The molecule has 5 amide bonds. The number of nitrogens with zero attached hydrogens (tertiary/aromatic N) is 5. The number of fused-ring (bicyclic) bond motifs is 2. The molecule has 2 aromatic heterocycles. The van der Waals surface area contributed by atoms with Crippen molar-refractivity contribution in [3.63, 3.8) is 0 Å². The van der Waals surface area contributed by atoms with Crippen molar-refractivity contribution in [3.05, 3.63) is 105 Å². The second kappa shape index (κ2) is 20.6. The van der Waals surface area contributed by atoms with E-state index >= 15 is 4.79 Å². The smallest absolute Gasteiger partial charge is 0.371 e. The van der Waals surface area contributed by atoms with Gasteiger partial charge in [-0.25, -0.2) is 4.79 Å². The summed E-state index contributed by atoms with van der Waals surface area (Å²) >= 11 is 0.975. The highest BCUT2D eigenvalue weighted by Crippen LogP contribution is 2.59. The predicted molar refractivity (Wildman–Crippen MR) is 271 cm³/mol. The summed E-state index contributed by atoms with van der Waals surface area (Å²) in [5.41, 5.74) is -4.33. The number of aryl methyl sites for hydroxylation is 1. The second-order valence-electron chi connectivity index (χ2n) is 21.1. The van der Waals surface area contributed by atoms with Crippen molar-refractivity contribution in [1.82, 2.24) is 34.5 Å². The first-order chi connectivity index (χ1) is 35.0. The molecule has 0 aliphatic carbocycles. The molecule has 0 radical (unpaired) electrons. The van der Waals surface area contributed by atoms with E-state index in [1.807, 2.05) is 30.3 Å². The Hall–Kier alpha value is -5.96. The molecule has 394 valence electrons.